The molecule has 2 N–H and O–H groups in total. The van der Waals surface area contributed by atoms with Crippen molar-refractivity contribution < 1.29 is 9.59 Å². The first-order valence-corrected chi connectivity index (χ1v) is 11.4. The zero-order valence-corrected chi connectivity index (χ0v) is 18.7. The number of amides is 2. The summed E-state index contributed by atoms with van der Waals surface area (Å²) in [5.41, 5.74) is 2.43. The maximum Gasteiger partial charge on any atom is 0.257 e. The Hall–Kier alpha value is -3.98. The number of anilines is 2. The highest BCUT2D eigenvalue weighted by Gasteiger charge is 2.16. The number of aromatic nitrogens is 4. The highest BCUT2D eigenvalue weighted by molar-refractivity contribution is 7.99. The van der Waals surface area contributed by atoms with Gasteiger partial charge < -0.3 is 15.2 Å². The molecular formula is C24H22N6O2S. The first-order chi connectivity index (χ1) is 16.2. The van der Waals surface area contributed by atoms with Gasteiger partial charge in [0.1, 0.15) is 0 Å². The van der Waals surface area contributed by atoms with Crippen LogP contribution in [0.2, 0.25) is 0 Å². The number of carbonyl (C=O) groups is 2. The van der Waals surface area contributed by atoms with Crippen molar-refractivity contribution in [1.82, 2.24) is 19.7 Å². The van der Waals surface area contributed by atoms with Gasteiger partial charge in [-0.15, -0.1) is 10.2 Å². The van der Waals surface area contributed by atoms with E-state index in [4.69, 9.17) is 0 Å². The van der Waals surface area contributed by atoms with E-state index < -0.39 is 0 Å². The Morgan fingerprint density at radius 3 is 2.39 bits per heavy atom. The number of hydrogen-bond donors (Lipinski definition) is 2. The Kier molecular flexibility index (Phi) is 7.11. The molecule has 4 rings (SSSR count). The van der Waals surface area contributed by atoms with E-state index in [0.29, 0.717) is 28.6 Å². The van der Waals surface area contributed by atoms with Crippen molar-refractivity contribution in [2.75, 3.05) is 16.4 Å². The maximum atomic E-state index is 12.7. The summed E-state index contributed by atoms with van der Waals surface area (Å²) in [7, 11) is 0. The van der Waals surface area contributed by atoms with E-state index in [0.717, 1.165) is 11.4 Å². The summed E-state index contributed by atoms with van der Waals surface area (Å²) in [5, 5.41) is 14.8. The average Bonchev–Trinajstić information content (AvgIpc) is 3.27. The van der Waals surface area contributed by atoms with Crippen LogP contribution in [0.25, 0.3) is 11.4 Å². The number of rotatable bonds is 8. The van der Waals surface area contributed by atoms with Gasteiger partial charge in [0.2, 0.25) is 5.91 Å². The van der Waals surface area contributed by atoms with Crippen LogP contribution in [0.5, 0.6) is 0 Å². The molecular weight excluding hydrogens is 436 g/mol. The van der Waals surface area contributed by atoms with Crippen LogP contribution in [-0.2, 0) is 11.3 Å². The summed E-state index contributed by atoms with van der Waals surface area (Å²) in [4.78, 5) is 29.4. The maximum absolute atomic E-state index is 12.7. The zero-order valence-electron chi connectivity index (χ0n) is 17.9. The standard InChI is InChI=1S/C24H22N6O2S/c1-2-30-22(17-12-14-25-15-13-17)28-29-24(30)33-16-21(31)27-20-11-7-6-10-19(20)23(32)26-18-8-4-3-5-9-18/h3-15H,2,16H2,1H3,(H,26,32)(H,27,31). The topological polar surface area (TPSA) is 102 Å². The van der Waals surface area contributed by atoms with Gasteiger partial charge in [0.25, 0.3) is 5.91 Å². The summed E-state index contributed by atoms with van der Waals surface area (Å²) in [6.07, 6.45) is 3.41. The molecule has 0 bridgehead atoms. The Bertz CT molecular complexity index is 1240. The smallest absolute Gasteiger partial charge is 0.257 e. The quantitative estimate of drug-likeness (QED) is 0.381. The lowest BCUT2D eigenvalue weighted by atomic mass is 10.1. The molecule has 0 aliphatic carbocycles. The SMILES string of the molecule is CCn1c(SCC(=O)Nc2ccccc2C(=O)Nc2ccccc2)nnc1-c1ccncc1. The lowest BCUT2D eigenvalue weighted by Gasteiger charge is -2.12. The van der Waals surface area contributed by atoms with Crippen LogP contribution >= 0.6 is 11.8 Å². The monoisotopic (exact) mass is 458 g/mol. The van der Waals surface area contributed by atoms with E-state index in [9.17, 15) is 9.59 Å². The molecule has 2 amide bonds. The fourth-order valence-electron chi connectivity index (χ4n) is 3.22. The summed E-state index contributed by atoms with van der Waals surface area (Å²) in [6.45, 7) is 2.66. The number of hydrogen-bond acceptors (Lipinski definition) is 6. The van der Waals surface area contributed by atoms with E-state index in [2.05, 4.69) is 25.8 Å². The lowest BCUT2D eigenvalue weighted by molar-refractivity contribution is -0.113. The van der Waals surface area contributed by atoms with Gasteiger partial charge in [-0.05, 0) is 43.3 Å². The third kappa shape index (κ3) is 5.45. The number of thioether (sulfide) groups is 1. The normalized spacial score (nSPS) is 10.6. The first kappa shape index (κ1) is 22.2. The highest BCUT2D eigenvalue weighted by Crippen LogP contribution is 2.24. The molecule has 2 heterocycles. The molecule has 4 aromatic rings. The Morgan fingerprint density at radius 2 is 1.64 bits per heavy atom. The van der Waals surface area contributed by atoms with Crippen LogP contribution in [0.3, 0.4) is 0 Å². The number of carbonyl (C=O) groups excluding carboxylic acids is 2. The van der Waals surface area contributed by atoms with Crippen molar-refractivity contribution in [3.05, 3.63) is 84.7 Å². The van der Waals surface area contributed by atoms with Crippen molar-refractivity contribution in [2.24, 2.45) is 0 Å². The minimum Gasteiger partial charge on any atom is -0.325 e. The second kappa shape index (κ2) is 10.6. The van der Waals surface area contributed by atoms with Gasteiger partial charge in [-0.2, -0.15) is 0 Å². The lowest BCUT2D eigenvalue weighted by Crippen LogP contribution is -2.19. The molecule has 2 aromatic heterocycles. The molecule has 0 fully saturated rings. The van der Waals surface area contributed by atoms with Gasteiger partial charge in [-0.3, -0.25) is 14.6 Å². The second-order valence-electron chi connectivity index (χ2n) is 6.99. The van der Waals surface area contributed by atoms with Crippen molar-refractivity contribution in [2.45, 2.75) is 18.6 Å². The molecule has 33 heavy (non-hydrogen) atoms. The summed E-state index contributed by atoms with van der Waals surface area (Å²) < 4.78 is 1.95. The Morgan fingerprint density at radius 1 is 0.909 bits per heavy atom. The van der Waals surface area contributed by atoms with E-state index in [-0.39, 0.29) is 17.6 Å². The van der Waals surface area contributed by atoms with Crippen LogP contribution < -0.4 is 10.6 Å². The molecule has 0 aliphatic heterocycles. The molecule has 0 spiro atoms. The number of benzene rings is 2. The summed E-state index contributed by atoms with van der Waals surface area (Å²) in [5.74, 6) is 0.322. The largest absolute Gasteiger partial charge is 0.325 e. The van der Waals surface area contributed by atoms with Gasteiger partial charge in [0.15, 0.2) is 11.0 Å². The fraction of sp³-hybridized carbons (Fsp3) is 0.125. The number of nitrogens with zero attached hydrogens (tertiary/aromatic N) is 4. The number of para-hydroxylation sites is 2. The third-order valence-corrected chi connectivity index (χ3v) is 5.75. The predicted octanol–water partition coefficient (Wildman–Crippen LogP) is 4.34. The van der Waals surface area contributed by atoms with Crippen molar-refractivity contribution >= 4 is 35.0 Å². The predicted molar refractivity (Wildman–Crippen MR) is 129 cm³/mol. The molecule has 2 aromatic carbocycles. The van der Waals surface area contributed by atoms with E-state index in [1.165, 1.54) is 11.8 Å². The van der Waals surface area contributed by atoms with Crippen molar-refractivity contribution in [3.63, 3.8) is 0 Å². The van der Waals surface area contributed by atoms with Gasteiger partial charge >= 0.3 is 0 Å². The summed E-state index contributed by atoms with van der Waals surface area (Å²) >= 11 is 1.29. The molecule has 0 unspecified atom stereocenters. The molecule has 0 aliphatic rings. The second-order valence-corrected chi connectivity index (χ2v) is 7.93. The molecule has 0 saturated carbocycles. The summed E-state index contributed by atoms with van der Waals surface area (Å²) in [6, 6.07) is 19.8. The third-order valence-electron chi connectivity index (χ3n) is 4.78. The number of pyridine rings is 1. The van der Waals surface area contributed by atoms with E-state index >= 15 is 0 Å². The van der Waals surface area contributed by atoms with E-state index in [1.54, 1.807) is 48.8 Å². The van der Waals surface area contributed by atoms with Crippen LogP contribution in [0, 0.1) is 0 Å². The van der Waals surface area contributed by atoms with Gasteiger partial charge in [0, 0.05) is 30.2 Å². The van der Waals surface area contributed by atoms with Gasteiger partial charge in [-0.1, -0.05) is 42.1 Å². The minimum atomic E-state index is -0.294. The molecule has 0 atom stereocenters. The molecule has 166 valence electrons. The average molecular weight is 459 g/mol. The zero-order chi connectivity index (χ0) is 23.0. The van der Waals surface area contributed by atoms with Gasteiger partial charge in [-0.25, -0.2) is 0 Å². The van der Waals surface area contributed by atoms with Crippen LogP contribution in [-0.4, -0.2) is 37.3 Å². The molecule has 0 radical (unpaired) electrons. The van der Waals surface area contributed by atoms with E-state index in [1.807, 2.05) is 41.8 Å². The molecule has 9 heteroatoms. The first-order valence-electron chi connectivity index (χ1n) is 10.4. The Labute approximate surface area is 195 Å². The highest BCUT2D eigenvalue weighted by atomic mass is 32.2. The van der Waals surface area contributed by atoms with Crippen LogP contribution in [0.1, 0.15) is 17.3 Å². The molecule has 8 nitrogen and oxygen atoms in total. The van der Waals surface area contributed by atoms with Crippen LogP contribution in [0.15, 0.2) is 84.3 Å². The fourth-order valence-corrected chi connectivity index (χ4v) is 4.02. The number of nitrogens with one attached hydrogen (secondary N) is 2. The van der Waals surface area contributed by atoms with Crippen molar-refractivity contribution in [3.8, 4) is 11.4 Å². The van der Waals surface area contributed by atoms with Crippen LogP contribution in [0.4, 0.5) is 11.4 Å². The Balaban J connectivity index is 1.42. The molecule has 0 saturated heterocycles. The minimum absolute atomic E-state index is 0.128. The van der Waals surface area contributed by atoms with Gasteiger partial charge in [0.05, 0.1) is 17.0 Å². The van der Waals surface area contributed by atoms with Crippen molar-refractivity contribution in [1.29, 1.82) is 0 Å².